The molecule has 0 spiro atoms. The number of nitrogens with one attached hydrogen (secondary N) is 2. The van der Waals surface area contributed by atoms with Crippen LogP contribution in [0.5, 0.6) is 0 Å². The summed E-state index contributed by atoms with van der Waals surface area (Å²) in [6.07, 6.45) is 3.10. The molecule has 3 aromatic rings. The van der Waals surface area contributed by atoms with Gasteiger partial charge in [0.25, 0.3) is 0 Å². The number of anilines is 3. The fourth-order valence-corrected chi connectivity index (χ4v) is 2.63. The molecule has 0 bridgehead atoms. The minimum atomic E-state index is -3.19. The molecule has 0 aliphatic heterocycles. The lowest BCUT2D eigenvalue weighted by molar-refractivity contribution is -0.114. The number of halogens is 2. The Balaban J connectivity index is 2.07. The van der Waals surface area contributed by atoms with Gasteiger partial charge in [0, 0.05) is 43.4 Å². The molecule has 9 nitrogen and oxygen atoms in total. The van der Waals surface area contributed by atoms with E-state index in [-0.39, 0.29) is 23.6 Å². The maximum absolute atomic E-state index is 13.8. The van der Waals surface area contributed by atoms with Crippen molar-refractivity contribution >= 4 is 23.2 Å². The van der Waals surface area contributed by atoms with Gasteiger partial charge >= 0.3 is 5.92 Å². The Morgan fingerprint density at radius 2 is 1.90 bits per heavy atom. The van der Waals surface area contributed by atoms with Gasteiger partial charge in [0.1, 0.15) is 17.3 Å². The molecular weight excluding hydrogens is 394 g/mol. The number of carbonyl (C=O) groups is 1. The Kier molecular flexibility index (Phi) is 5.72. The summed E-state index contributed by atoms with van der Waals surface area (Å²) in [5, 5.41) is 14.3. The van der Waals surface area contributed by atoms with Crippen molar-refractivity contribution < 1.29 is 13.6 Å². The average Bonchev–Trinajstić information content (AvgIpc) is 3.10. The van der Waals surface area contributed by atoms with Crippen molar-refractivity contribution in [3.05, 3.63) is 36.0 Å². The van der Waals surface area contributed by atoms with Gasteiger partial charge in [0.15, 0.2) is 0 Å². The van der Waals surface area contributed by atoms with E-state index < -0.39 is 11.7 Å². The molecular formula is C19H22F2N8O. The predicted molar refractivity (Wildman–Crippen MR) is 108 cm³/mol. The van der Waals surface area contributed by atoms with Gasteiger partial charge in [-0.25, -0.2) is 15.0 Å². The first-order chi connectivity index (χ1) is 14.0. The van der Waals surface area contributed by atoms with Crippen LogP contribution in [-0.4, -0.2) is 35.9 Å². The molecule has 11 heteroatoms. The summed E-state index contributed by atoms with van der Waals surface area (Å²) < 4.78 is 27.5. The average molecular weight is 416 g/mol. The molecule has 0 radical (unpaired) electrons. The van der Waals surface area contributed by atoms with Gasteiger partial charge < -0.3 is 10.6 Å². The van der Waals surface area contributed by atoms with Crippen LogP contribution < -0.4 is 10.6 Å². The maximum atomic E-state index is 13.8. The van der Waals surface area contributed by atoms with Gasteiger partial charge in [0.05, 0.1) is 17.9 Å². The van der Waals surface area contributed by atoms with E-state index in [1.165, 1.54) is 13.1 Å². The van der Waals surface area contributed by atoms with Crippen LogP contribution >= 0.6 is 0 Å². The van der Waals surface area contributed by atoms with Gasteiger partial charge in [-0.3, -0.25) is 4.79 Å². The molecule has 0 atom stereocenters. The summed E-state index contributed by atoms with van der Waals surface area (Å²) in [5.74, 6) is -3.61. The first kappa shape index (κ1) is 21.2. The number of aromatic nitrogens is 6. The highest BCUT2D eigenvalue weighted by Crippen LogP contribution is 2.31. The van der Waals surface area contributed by atoms with E-state index in [1.54, 1.807) is 30.0 Å². The molecule has 3 heterocycles. The van der Waals surface area contributed by atoms with Crippen molar-refractivity contribution in [1.82, 2.24) is 29.9 Å². The van der Waals surface area contributed by atoms with Crippen LogP contribution in [0.3, 0.4) is 0 Å². The lowest BCUT2D eigenvalue weighted by Crippen LogP contribution is -2.14. The molecule has 0 aromatic carbocycles. The number of nitrogens with zero attached hydrogens (tertiary/aromatic N) is 6. The van der Waals surface area contributed by atoms with E-state index in [1.807, 2.05) is 13.8 Å². The SMILES string of the molecule is CC(=O)Nc1cc(Nc2cc(C)nc(C(C)(F)F)n2)c(-c2cnn(C(C)C)n2)cn1. The molecule has 0 unspecified atom stereocenters. The zero-order chi connectivity index (χ0) is 22.1. The minimum absolute atomic E-state index is 0.0561. The molecule has 0 fully saturated rings. The highest BCUT2D eigenvalue weighted by molar-refractivity contribution is 5.89. The van der Waals surface area contributed by atoms with Crippen molar-refractivity contribution in [2.45, 2.75) is 46.6 Å². The first-order valence-electron chi connectivity index (χ1n) is 9.24. The zero-order valence-corrected chi connectivity index (χ0v) is 17.2. The molecule has 158 valence electrons. The van der Waals surface area contributed by atoms with Crippen molar-refractivity contribution in [3.63, 3.8) is 0 Å². The Labute approximate surface area is 172 Å². The third kappa shape index (κ3) is 4.91. The third-order valence-electron chi connectivity index (χ3n) is 3.96. The number of aryl methyl sites for hydroxylation is 1. The van der Waals surface area contributed by atoms with E-state index in [9.17, 15) is 13.6 Å². The van der Waals surface area contributed by atoms with Gasteiger partial charge in [-0.1, -0.05) is 0 Å². The van der Waals surface area contributed by atoms with Crippen LogP contribution in [-0.2, 0) is 10.7 Å². The first-order valence-corrected chi connectivity index (χ1v) is 9.24. The number of alkyl halides is 2. The number of amides is 1. The van der Waals surface area contributed by atoms with Gasteiger partial charge in [-0.05, 0) is 20.8 Å². The molecule has 3 aromatic heterocycles. The van der Waals surface area contributed by atoms with Crippen LogP contribution in [0.2, 0.25) is 0 Å². The maximum Gasteiger partial charge on any atom is 0.303 e. The highest BCUT2D eigenvalue weighted by atomic mass is 19.3. The van der Waals surface area contributed by atoms with Crippen molar-refractivity contribution in [1.29, 1.82) is 0 Å². The van der Waals surface area contributed by atoms with E-state index in [0.717, 1.165) is 6.92 Å². The lowest BCUT2D eigenvalue weighted by atomic mass is 10.1. The Morgan fingerprint density at radius 3 is 2.50 bits per heavy atom. The van der Waals surface area contributed by atoms with E-state index >= 15 is 0 Å². The summed E-state index contributed by atoms with van der Waals surface area (Å²) in [6.45, 7) is 7.59. The van der Waals surface area contributed by atoms with Crippen LogP contribution in [0.4, 0.5) is 26.1 Å². The standard InChI is InChI=1S/C19H22F2N8O/c1-10(2)29-23-9-15(28-29)13-8-22-16(25-12(4)30)7-14(13)26-17-6-11(3)24-18(27-17)19(5,20)21/h6-10H,1-5H3,(H2,22,24,25,26,27,30). The zero-order valence-electron chi connectivity index (χ0n) is 17.2. The Bertz CT molecular complexity index is 1070. The number of pyridine rings is 1. The fourth-order valence-electron chi connectivity index (χ4n) is 2.63. The topological polar surface area (TPSA) is 111 Å². The number of rotatable bonds is 6. The van der Waals surface area contributed by atoms with E-state index in [0.29, 0.717) is 22.6 Å². The largest absolute Gasteiger partial charge is 0.339 e. The van der Waals surface area contributed by atoms with Crippen LogP contribution in [0.1, 0.15) is 45.3 Å². The third-order valence-corrected chi connectivity index (χ3v) is 3.96. The highest BCUT2D eigenvalue weighted by Gasteiger charge is 2.29. The van der Waals surface area contributed by atoms with Crippen LogP contribution in [0.25, 0.3) is 11.3 Å². The summed E-state index contributed by atoms with van der Waals surface area (Å²) >= 11 is 0. The predicted octanol–water partition coefficient (Wildman–Crippen LogP) is 3.83. The van der Waals surface area contributed by atoms with Crippen LogP contribution in [0.15, 0.2) is 24.5 Å². The molecule has 0 saturated carbocycles. The normalized spacial score (nSPS) is 11.6. The van der Waals surface area contributed by atoms with Gasteiger partial charge in [0.2, 0.25) is 11.7 Å². The minimum Gasteiger partial charge on any atom is -0.339 e. The summed E-state index contributed by atoms with van der Waals surface area (Å²) in [7, 11) is 0. The molecule has 0 saturated heterocycles. The van der Waals surface area contributed by atoms with Crippen molar-refractivity contribution in [2.75, 3.05) is 10.6 Å². The second-order valence-electron chi connectivity index (χ2n) is 7.17. The summed E-state index contributed by atoms with van der Waals surface area (Å²) in [5.41, 5.74) is 1.94. The number of hydrogen-bond acceptors (Lipinski definition) is 7. The van der Waals surface area contributed by atoms with E-state index in [4.69, 9.17) is 0 Å². The second-order valence-corrected chi connectivity index (χ2v) is 7.17. The van der Waals surface area contributed by atoms with Gasteiger partial charge in [-0.15, -0.1) is 0 Å². The molecule has 0 aliphatic rings. The fraction of sp³-hybridized carbons (Fsp3) is 0.368. The quantitative estimate of drug-likeness (QED) is 0.628. The molecule has 30 heavy (non-hydrogen) atoms. The summed E-state index contributed by atoms with van der Waals surface area (Å²) in [6, 6.07) is 3.18. The molecule has 0 aliphatic carbocycles. The Morgan fingerprint density at radius 1 is 1.17 bits per heavy atom. The monoisotopic (exact) mass is 416 g/mol. The smallest absolute Gasteiger partial charge is 0.303 e. The second kappa shape index (κ2) is 8.09. The number of carbonyl (C=O) groups excluding carboxylic acids is 1. The molecule has 2 N–H and O–H groups in total. The van der Waals surface area contributed by atoms with Gasteiger partial charge in [-0.2, -0.15) is 23.8 Å². The lowest BCUT2D eigenvalue weighted by Gasteiger charge is -2.15. The molecule has 3 rings (SSSR count). The number of hydrogen-bond donors (Lipinski definition) is 2. The summed E-state index contributed by atoms with van der Waals surface area (Å²) in [4.78, 5) is 24.9. The van der Waals surface area contributed by atoms with Crippen LogP contribution in [0, 0.1) is 6.92 Å². The van der Waals surface area contributed by atoms with Crippen molar-refractivity contribution in [2.24, 2.45) is 0 Å². The Hall–Kier alpha value is -3.50. The molecule has 1 amide bonds. The van der Waals surface area contributed by atoms with E-state index in [2.05, 4.69) is 35.8 Å². The van der Waals surface area contributed by atoms with Crippen molar-refractivity contribution in [3.8, 4) is 11.3 Å².